The van der Waals surface area contributed by atoms with E-state index in [1.165, 1.54) is 0 Å². The molecule has 2 heterocycles. The van der Waals surface area contributed by atoms with Crippen LogP contribution in [0.5, 0.6) is 0 Å². The Labute approximate surface area is 188 Å². The standard InChI is InChI=1S/C19H14Cl3F3N2O2S/c20-11-5-8(6-12(21)14(11)22)18(19(23,24)25)7-13(27-29-18)15-9-3-1-2-4-10(9)16(30-15)17(26)28/h5-6H,1-4,7H2,(H2,26,28). The number of nitrogens with two attached hydrogens (primary N) is 1. The number of nitrogens with zero attached hydrogens (tertiary/aromatic N) is 1. The van der Waals surface area contributed by atoms with Crippen molar-refractivity contribution in [3.63, 3.8) is 0 Å². The molecular weight excluding hydrogens is 484 g/mol. The van der Waals surface area contributed by atoms with Gasteiger partial charge < -0.3 is 10.6 Å². The molecule has 1 aromatic carbocycles. The van der Waals surface area contributed by atoms with E-state index in [1.807, 2.05) is 0 Å². The van der Waals surface area contributed by atoms with Crippen LogP contribution in [0.15, 0.2) is 17.3 Å². The minimum absolute atomic E-state index is 0.0445. The van der Waals surface area contributed by atoms with Crippen molar-refractivity contribution in [3.05, 3.63) is 53.6 Å². The maximum atomic E-state index is 14.2. The maximum Gasteiger partial charge on any atom is 0.435 e. The number of oxime groups is 1. The zero-order chi connectivity index (χ0) is 21.8. The zero-order valence-corrected chi connectivity index (χ0v) is 18.3. The average Bonchev–Trinajstić information content (AvgIpc) is 3.28. The molecule has 1 unspecified atom stereocenters. The van der Waals surface area contributed by atoms with Gasteiger partial charge in [0, 0.05) is 5.56 Å². The van der Waals surface area contributed by atoms with Crippen LogP contribution in [0.2, 0.25) is 15.1 Å². The van der Waals surface area contributed by atoms with Gasteiger partial charge >= 0.3 is 6.18 Å². The number of halogens is 6. The number of fused-ring (bicyclic) bond motifs is 1. The van der Waals surface area contributed by atoms with Crippen LogP contribution in [0.4, 0.5) is 13.2 Å². The molecule has 0 bridgehead atoms. The van der Waals surface area contributed by atoms with E-state index in [2.05, 4.69) is 5.16 Å². The van der Waals surface area contributed by atoms with E-state index in [1.54, 1.807) is 0 Å². The summed E-state index contributed by atoms with van der Waals surface area (Å²) in [5.74, 6) is -0.595. The molecule has 1 aliphatic heterocycles. The quantitative estimate of drug-likeness (QED) is 0.508. The van der Waals surface area contributed by atoms with Gasteiger partial charge in [-0.3, -0.25) is 4.79 Å². The van der Waals surface area contributed by atoms with Crippen molar-refractivity contribution in [2.75, 3.05) is 0 Å². The Kier molecular flexibility index (Phi) is 5.50. The molecule has 0 radical (unpaired) electrons. The van der Waals surface area contributed by atoms with Gasteiger partial charge in [0.1, 0.15) is 5.71 Å². The molecule has 2 aromatic rings. The minimum atomic E-state index is -4.82. The number of rotatable bonds is 3. The topological polar surface area (TPSA) is 64.7 Å². The molecular formula is C19H14Cl3F3N2O2S. The summed E-state index contributed by atoms with van der Waals surface area (Å²) in [6.45, 7) is 0. The number of carbonyl (C=O) groups is 1. The van der Waals surface area contributed by atoms with E-state index in [4.69, 9.17) is 45.4 Å². The van der Waals surface area contributed by atoms with Crippen LogP contribution in [-0.4, -0.2) is 17.8 Å². The second kappa shape index (κ2) is 7.58. The molecule has 4 nitrogen and oxygen atoms in total. The van der Waals surface area contributed by atoms with E-state index < -0.39 is 24.1 Å². The van der Waals surface area contributed by atoms with Crippen LogP contribution in [0.3, 0.4) is 0 Å². The van der Waals surface area contributed by atoms with Crippen molar-refractivity contribution in [1.82, 2.24) is 0 Å². The number of thiophene rings is 1. The molecule has 0 fully saturated rings. The van der Waals surface area contributed by atoms with Crippen LogP contribution >= 0.6 is 46.1 Å². The highest BCUT2D eigenvalue weighted by atomic mass is 35.5. The van der Waals surface area contributed by atoms with E-state index in [-0.39, 0.29) is 26.3 Å². The third-order valence-corrected chi connectivity index (χ3v) is 7.88. The largest absolute Gasteiger partial charge is 0.435 e. The second-order valence-corrected chi connectivity index (χ2v) is 9.39. The van der Waals surface area contributed by atoms with Crippen LogP contribution in [-0.2, 0) is 23.3 Å². The fourth-order valence-corrected chi connectivity index (χ4v) is 5.70. The highest BCUT2D eigenvalue weighted by Crippen LogP contribution is 2.51. The molecule has 30 heavy (non-hydrogen) atoms. The van der Waals surface area contributed by atoms with Gasteiger partial charge in [-0.2, -0.15) is 13.2 Å². The Balaban J connectivity index is 1.80. The van der Waals surface area contributed by atoms with Gasteiger partial charge in [0.25, 0.3) is 11.5 Å². The summed E-state index contributed by atoms with van der Waals surface area (Å²) >= 11 is 18.9. The minimum Gasteiger partial charge on any atom is -0.374 e. The second-order valence-electron chi connectivity index (χ2n) is 7.17. The Morgan fingerprint density at radius 3 is 2.30 bits per heavy atom. The molecule has 11 heteroatoms. The molecule has 0 saturated carbocycles. The van der Waals surface area contributed by atoms with Crippen molar-refractivity contribution in [1.29, 1.82) is 0 Å². The predicted molar refractivity (Wildman–Crippen MR) is 111 cm³/mol. The monoisotopic (exact) mass is 496 g/mol. The highest BCUT2D eigenvalue weighted by molar-refractivity contribution is 7.16. The number of primary amides is 1. The number of benzene rings is 1. The zero-order valence-electron chi connectivity index (χ0n) is 15.2. The molecule has 1 atom stereocenters. The number of carbonyl (C=O) groups excluding carboxylic acids is 1. The third kappa shape index (κ3) is 3.38. The molecule has 0 saturated heterocycles. The van der Waals surface area contributed by atoms with Crippen molar-refractivity contribution in [2.45, 2.75) is 43.9 Å². The number of hydrogen-bond donors (Lipinski definition) is 1. The molecule has 0 spiro atoms. The summed E-state index contributed by atoms with van der Waals surface area (Å²) in [7, 11) is 0. The average molecular weight is 498 g/mol. The Morgan fingerprint density at radius 1 is 1.13 bits per heavy atom. The van der Waals surface area contributed by atoms with Gasteiger partial charge in [-0.25, -0.2) is 0 Å². The lowest BCUT2D eigenvalue weighted by Gasteiger charge is -2.30. The molecule has 1 amide bonds. The summed E-state index contributed by atoms with van der Waals surface area (Å²) in [6, 6.07) is 2.17. The first-order valence-corrected chi connectivity index (χ1v) is 10.9. The van der Waals surface area contributed by atoms with Crippen molar-refractivity contribution in [3.8, 4) is 0 Å². The van der Waals surface area contributed by atoms with Crippen LogP contribution < -0.4 is 5.73 Å². The Bertz CT molecular complexity index is 1060. The van der Waals surface area contributed by atoms with Crippen LogP contribution in [0, 0.1) is 0 Å². The fraction of sp³-hybridized carbons (Fsp3) is 0.368. The fourth-order valence-electron chi connectivity index (χ4n) is 3.88. The highest BCUT2D eigenvalue weighted by Gasteiger charge is 2.62. The third-order valence-electron chi connectivity index (χ3n) is 5.34. The Hall–Kier alpha value is -1.48. The smallest absolute Gasteiger partial charge is 0.374 e. The summed E-state index contributed by atoms with van der Waals surface area (Å²) in [5.41, 5.74) is 4.17. The van der Waals surface area contributed by atoms with Crippen molar-refractivity contribution < 1.29 is 22.8 Å². The normalized spacial score (nSPS) is 21.2. The van der Waals surface area contributed by atoms with Crippen molar-refractivity contribution >= 4 is 57.8 Å². The van der Waals surface area contributed by atoms with E-state index in [9.17, 15) is 18.0 Å². The van der Waals surface area contributed by atoms with Gasteiger partial charge in [0.15, 0.2) is 0 Å². The van der Waals surface area contributed by atoms with Gasteiger partial charge in [0.2, 0.25) is 0 Å². The molecule has 4 rings (SSSR count). The number of hydrogen-bond acceptors (Lipinski definition) is 4. The van der Waals surface area contributed by atoms with Gasteiger partial charge in [0.05, 0.1) is 31.2 Å². The number of amides is 1. The molecule has 1 aliphatic carbocycles. The Morgan fingerprint density at radius 2 is 1.73 bits per heavy atom. The van der Waals surface area contributed by atoms with E-state index in [0.29, 0.717) is 22.6 Å². The lowest BCUT2D eigenvalue weighted by Crippen LogP contribution is -2.42. The van der Waals surface area contributed by atoms with Gasteiger partial charge in [-0.1, -0.05) is 40.0 Å². The molecule has 160 valence electrons. The van der Waals surface area contributed by atoms with Crippen LogP contribution in [0.1, 0.15) is 50.5 Å². The van der Waals surface area contributed by atoms with Crippen molar-refractivity contribution in [2.24, 2.45) is 10.9 Å². The first kappa shape index (κ1) is 21.7. The first-order chi connectivity index (χ1) is 14.0. The lowest BCUT2D eigenvalue weighted by molar-refractivity contribution is -0.275. The predicted octanol–water partition coefficient (Wildman–Crippen LogP) is 6.27. The van der Waals surface area contributed by atoms with E-state index >= 15 is 0 Å². The first-order valence-electron chi connectivity index (χ1n) is 8.96. The van der Waals surface area contributed by atoms with Gasteiger partial charge in [-0.15, -0.1) is 11.3 Å². The van der Waals surface area contributed by atoms with Crippen LogP contribution in [0.25, 0.3) is 0 Å². The molecule has 2 aliphatic rings. The lowest BCUT2D eigenvalue weighted by atomic mass is 9.85. The summed E-state index contributed by atoms with van der Waals surface area (Å²) in [4.78, 5) is 17.8. The van der Waals surface area contributed by atoms with Gasteiger partial charge in [-0.05, 0) is 48.9 Å². The SMILES string of the molecule is NC(=O)c1sc(C2=NOC(c3cc(Cl)c(Cl)c(Cl)c3)(C(F)(F)F)C2)c2c1CCCC2. The molecule has 2 N–H and O–H groups in total. The summed E-state index contributed by atoms with van der Waals surface area (Å²) in [6.07, 6.45) is -2.34. The van der Waals surface area contributed by atoms with E-state index in [0.717, 1.165) is 47.4 Å². The molecule has 1 aromatic heterocycles. The number of alkyl halides is 3. The summed E-state index contributed by atoms with van der Waals surface area (Å²) < 4.78 is 42.7. The summed E-state index contributed by atoms with van der Waals surface area (Å²) in [5, 5.41) is 3.51. The maximum absolute atomic E-state index is 14.2.